The maximum atomic E-state index is 14.6. The average Bonchev–Trinajstić information content (AvgIpc) is 2.48. The number of likely N-dealkylation sites (N-methyl/N-ethyl adjacent to an activating group) is 3. The fraction of sp³-hybridized carbons (Fsp3) is 0.625. The van der Waals surface area contributed by atoms with Gasteiger partial charge in [0.25, 0.3) is 0 Å². The SMILES string of the molecule is CCNC(c1cccc(OC)c1F)C1CN(C)CCN1C. The number of nitrogens with one attached hydrogen (secondary N) is 1. The zero-order chi connectivity index (χ0) is 15.4. The van der Waals surface area contributed by atoms with E-state index in [1.807, 2.05) is 12.1 Å². The second-order valence-electron chi connectivity index (χ2n) is 5.71. The number of hydrogen-bond acceptors (Lipinski definition) is 4. The highest BCUT2D eigenvalue weighted by Gasteiger charge is 2.32. The summed E-state index contributed by atoms with van der Waals surface area (Å²) in [4.78, 5) is 4.61. The summed E-state index contributed by atoms with van der Waals surface area (Å²) in [7, 11) is 5.73. The van der Waals surface area contributed by atoms with Crippen LogP contribution in [-0.2, 0) is 0 Å². The van der Waals surface area contributed by atoms with Crippen molar-refractivity contribution < 1.29 is 9.13 Å². The second-order valence-corrected chi connectivity index (χ2v) is 5.71. The molecule has 0 saturated carbocycles. The molecule has 0 radical (unpaired) electrons. The van der Waals surface area contributed by atoms with Gasteiger partial charge in [-0.1, -0.05) is 19.1 Å². The molecule has 2 unspecified atom stereocenters. The molecule has 1 aromatic carbocycles. The van der Waals surface area contributed by atoms with Crippen LogP contribution in [0.2, 0.25) is 0 Å². The quantitative estimate of drug-likeness (QED) is 0.895. The van der Waals surface area contributed by atoms with Gasteiger partial charge in [0, 0.05) is 31.2 Å². The normalized spacial score (nSPS) is 22.2. The lowest BCUT2D eigenvalue weighted by molar-refractivity contribution is 0.0869. The lowest BCUT2D eigenvalue weighted by atomic mass is 9.95. The monoisotopic (exact) mass is 295 g/mol. The zero-order valence-electron chi connectivity index (χ0n) is 13.4. The minimum absolute atomic E-state index is 0.0437. The van der Waals surface area contributed by atoms with Crippen molar-refractivity contribution in [2.45, 2.75) is 19.0 Å². The molecule has 2 rings (SSSR count). The van der Waals surface area contributed by atoms with E-state index in [4.69, 9.17) is 4.74 Å². The molecule has 2 atom stereocenters. The van der Waals surface area contributed by atoms with Crippen molar-refractivity contribution in [2.24, 2.45) is 0 Å². The zero-order valence-corrected chi connectivity index (χ0v) is 13.4. The fourth-order valence-corrected chi connectivity index (χ4v) is 3.00. The summed E-state index contributed by atoms with van der Waals surface area (Å²) in [5, 5.41) is 3.45. The van der Waals surface area contributed by atoms with E-state index >= 15 is 0 Å². The third kappa shape index (κ3) is 3.54. The summed E-state index contributed by atoms with van der Waals surface area (Å²) in [5.74, 6) is 0.0507. The highest BCUT2D eigenvalue weighted by atomic mass is 19.1. The Hall–Kier alpha value is -1.17. The molecule has 1 saturated heterocycles. The van der Waals surface area contributed by atoms with E-state index < -0.39 is 0 Å². The fourth-order valence-electron chi connectivity index (χ4n) is 3.00. The van der Waals surface area contributed by atoms with E-state index in [1.54, 1.807) is 6.07 Å². The van der Waals surface area contributed by atoms with Gasteiger partial charge in [0.1, 0.15) is 0 Å². The highest BCUT2D eigenvalue weighted by molar-refractivity contribution is 5.34. The van der Waals surface area contributed by atoms with Gasteiger partial charge in [-0.2, -0.15) is 0 Å². The number of nitrogens with zero attached hydrogens (tertiary/aromatic N) is 2. The number of methoxy groups -OCH3 is 1. The molecule has 0 amide bonds. The van der Waals surface area contributed by atoms with Crippen molar-refractivity contribution in [3.8, 4) is 5.75 Å². The van der Waals surface area contributed by atoms with Crippen LogP contribution in [0.1, 0.15) is 18.5 Å². The molecule has 118 valence electrons. The van der Waals surface area contributed by atoms with Crippen LogP contribution in [-0.4, -0.2) is 63.2 Å². The number of halogens is 1. The third-order valence-corrected chi connectivity index (χ3v) is 4.26. The molecule has 1 fully saturated rings. The van der Waals surface area contributed by atoms with Crippen LogP contribution in [0.25, 0.3) is 0 Å². The predicted molar refractivity (Wildman–Crippen MR) is 83.3 cm³/mol. The van der Waals surface area contributed by atoms with Crippen molar-refractivity contribution in [1.29, 1.82) is 0 Å². The Balaban J connectivity index is 2.34. The largest absolute Gasteiger partial charge is 0.494 e. The molecule has 1 aromatic rings. The van der Waals surface area contributed by atoms with Crippen LogP contribution in [0.3, 0.4) is 0 Å². The number of piperazine rings is 1. The molecule has 0 aromatic heterocycles. The highest BCUT2D eigenvalue weighted by Crippen LogP contribution is 2.29. The van der Waals surface area contributed by atoms with Gasteiger partial charge in [-0.05, 0) is 26.7 Å². The van der Waals surface area contributed by atoms with Gasteiger partial charge < -0.3 is 15.0 Å². The smallest absolute Gasteiger partial charge is 0.169 e. The van der Waals surface area contributed by atoms with Crippen LogP contribution in [0, 0.1) is 5.82 Å². The van der Waals surface area contributed by atoms with E-state index in [0.29, 0.717) is 11.3 Å². The Kier molecular flexibility index (Phi) is 5.56. The predicted octanol–water partition coefficient (Wildman–Crippen LogP) is 1.73. The first kappa shape index (κ1) is 16.2. The number of hydrogen-bond donors (Lipinski definition) is 1. The lowest BCUT2D eigenvalue weighted by Crippen LogP contribution is -2.55. The van der Waals surface area contributed by atoms with Gasteiger partial charge in [0.05, 0.1) is 13.2 Å². The first-order valence-corrected chi connectivity index (χ1v) is 7.53. The maximum Gasteiger partial charge on any atom is 0.169 e. The molecule has 4 nitrogen and oxygen atoms in total. The number of ether oxygens (including phenoxy) is 1. The first-order valence-electron chi connectivity index (χ1n) is 7.53. The summed E-state index contributed by atoms with van der Waals surface area (Å²) < 4.78 is 19.8. The maximum absolute atomic E-state index is 14.6. The Bertz CT molecular complexity index is 469. The molecule has 1 aliphatic rings. The summed E-state index contributed by atoms with van der Waals surface area (Å²) in [6.45, 7) is 5.82. The second kappa shape index (κ2) is 7.20. The van der Waals surface area contributed by atoms with Crippen LogP contribution in [0.5, 0.6) is 5.75 Å². The summed E-state index contributed by atoms with van der Waals surface area (Å²) in [6, 6.07) is 5.57. The Morgan fingerprint density at radius 2 is 2.14 bits per heavy atom. The minimum atomic E-state index is -0.257. The van der Waals surface area contributed by atoms with Gasteiger partial charge in [0.15, 0.2) is 11.6 Å². The summed E-state index contributed by atoms with van der Waals surface area (Å²) in [5.41, 5.74) is 0.684. The molecule has 0 spiro atoms. The van der Waals surface area contributed by atoms with E-state index in [-0.39, 0.29) is 17.9 Å². The molecule has 21 heavy (non-hydrogen) atoms. The molecular formula is C16H26FN3O. The molecule has 0 aliphatic carbocycles. The van der Waals surface area contributed by atoms with Crippen molar-refractivity contribution in [2.75, 3.05) is 47.4 Å². The van der Waals surface area contributed by atoms with Gasteiger partial charge in [-0.3, -0.25) is 4.90 Å². The number of rotatable bonds is 5. The number of benzene rings is 1. The van der Waals surface area contributed by atoms with E-state index in [0.717, 1.165) is 26.2 Å². The molecule has 1 N–H and O–H groups in total. The van der Waals surface area contributed by atoms with Gasteiger partial charge in [-0.25, -0.2) is 4.39 Å². The van der Waals surface area contributed by atoms with Crippen molar-refractivity contribution in [3.05, 3.63) is 29.6 Å². The molecule has 1 aliphatic heterocycles. The first-order chi connectivity index (χ1) is 10.1. The minimum Gasteiger partial charge on any atom is -0.494 e. The van der Waals surface area contributed by atoms with Crippen molar-refractivity contribution in [3.63, 3.8) is 0 Å². The van der Waals surface area contributed by atoms with Crippen LogP contribution < -0.4 is 10.1 Å². The van der Waals surface area contributed by atoms with Gasteiger partial charge >= 0.3 is 0 Å². The van der Waals surface area contributed by atoms with E-state index in [2.05, 4.69) is 36.1 Å². The molecule has 0 bridgehead atoms. The Morgan fingerprint density at radius 1 is 1.38 bits per heavy atom. The molecule has 5 heteroatoms. The topological polar surface area (TPSA) is 27.7 Å². The van der Waals surface area contributed by atoms with E-state index in [9.17, 15) is 4.39 Å². The van der Waals surface area contributed by atoms with Gasteiger partial charge in [0.2, 0.25) is 0 Å². The summed E-state index contributed by atoms with van der Waals surface area (Å²) >= 11 is 0. The Morgan fingerprint density at radius 3 is 2.81 bits per heavy atom. The standard InChI is InChI=1S/C16H26FN3O/c1-5-18-16(13-11-19(2)9-10-20(13)3)12-7-6-8-14(21-4)15(12)17/h6-8,13,16,18H,5,9-11H2,1-4H3. The molecular weight excluding hydrogens is 269 g/mol. The van der Waals surface area contributed by atoms with Crippen molar-refractivity contribution in [1.82, 2.24) is 15.1 Å². The van der Waals surface area contributed by atoms with Crippen LogP contribution in [0.4, 0.5) is 4.39 Å². The average molecular weight is 295 g/mol. The van der Waals surface area contributed by atoms with E-state index in [1.165, 1.54) is 7.11 Å². The van der Waals surface area contributed by atoms with Crippen LogP contribution >= 0.6 is 0 Å². The van der Waals surface area contributed by atoms with Gasteiger partial charge in [-0.15, -0.1) is 0 Å². The lowest BCUT2D eigenvalue weighted by Gasteiger charge is -2.42. The van der Waals surface area contributed by atoms with Crippen molar-refractivity contribution >= 4 is 0 Å². The third-order valence-electron chi connectivity index (χ3n) is 4.26. The van der Waals surface area contributed by atoms with Crippen LogP contribution in [0.15, 0.2) is 18.2 Å². The molecule has 1 heterocycles. The summed E-state index contributed by atoms with van der Waals surface area (Å²) in [6.07, 6.45) is 0. The Labute approximate surface area is 126 Å².